The van der Waals surface area contributed by atoms with Crippen LogP contribution in [-0.2, 0) is 14.8 Å². The molecule has 0 unspecified atom stereocenters. The minimum Gasteiger partial charge on any atom is -0.412 e. The number of sulfonamides is 1. The monoisotopic (exact) mass is 442 g/mol. The summed E-state index contributed by atoms with van der Waals surface area (Å²) in [5.41, 5.74) is 0.476. The van der Waals surface area contributed by atoms with Gasteiger partial charge in [0.2, 0.25) is 15.9 Å². The van der Waals surface area contributed by atoms with Gasteiger partial charge in [-0.15, -0.1) is 21.5 Å². The predicted octanol–water partition coefficient (Wildman–Crippen LogP) is 2.52. The second-order valence-corrected chi connectivity index (χ2v) is 10.00. The van der Waals surface area contributed by atoms with Crippen molar-refractivity contribution in [1.29, 1.82) is 0 Å². The van der Waals surface area contributed by atoms with Crippen LogP contribution in [0.15, 0.2) is 20.1 Å². The Hall–Kier alpha value is -1.82. The first kappa shape index (κ1) is 21.9. The fraction of sp³-hybridized carbons (Fsp3) is 0.611. The van der Waals surface area contributed by atoms with Gasteiger partial charge in [-0.1, -0.05) is 0 Å². The lowest BCUT2D eigenvalue weighted by Crippen LogP contribution is -2.35. The Balaban J connectivity index is 1.60. The second kappa shape index (κ2) is 9.79. The van der Waals surface area contributed by atoms with Crippen LogP contribution in [0.1, 0.15) is 50.2 Å². The lowest BCUT2D eigenvalue weighted by Gasteiger charge is -2.24. The summed E-state index contributed by atoms with van der Waals surface area (Å²) in [6, 6.07) is 1.47. The molecule has 29 heavy (non-hydrogen) atoms. The van der Waals surface area contributed by atoms with Gasteiger partial charge in [-0.2, -0.15) is 0 Å². The fourth-order valence-electron chi connectivity index (χ4n) is 2.90. The first-order valence-electron chi connectivity index (χ1n) is 9.70. The number of carbonyl (C=O) groups excluding carboxylic acids is 1. The third-order valence-electron chi connectivity index (χ3n) is 4.40. The van der Waals surface area contributed by atoms with Crippen molar-refractivity contribution >= 4 is 27.3 Å². The highest BCUT2D eigenvalue weighted by Crippen LogP contribution is 2.28. The van der Waals surface area contributed by atoms with Crippen LogP contribution in [-0.4, -0.2) is 61.8 Å². The predicted molar refractivity (Wildman–Crippen MR) is 108 cm³/mol. The summed E-state index contributed by atoms with van der Waals surface area (Å²) >= 11 is 1.06. The average Bonchev–Trinajstić information content (AvgIpc) is 3.37. The standard InChI is InChI=1S/C18H26N4O5S2/c1-13(2)26-10-6-7-19-29(24,25)15-11-14(12-28-15)16-20-21-17(27-16)18(23)22-8-4-3-5-9-22/h11-13,19H,3-10H2,1-2H3. The summed E-state index contributed by atoms with van der Waals surface area (Å²) in [5, 5.41) is 9.38. The van der Waals surface area contributed by atoms with E-state index in [1.807, 2.05) is 13.8 Å². The molecule has 0 bridgehead atoms. The van der Waals surface area contributed by atoms with Crippen LogP contribution in [0.25, 0.3) is 11.5 Å². The molecule has 0 aromatic carbocycles. The molecule has 1 amide bonds. The van der Waals surface area contributed by atoms with Crippen LogP contribution in [0.3, 0.4) is 0 Å². The van der Waals surface area contributed by atoms with Gasteiger partial charge in [0.05, 0.1) is 11.7 Å². The number of piperidine rings is 1. The first-order valence-corrected chi connectivity index (χ1v) is 12.1. The van der Waals surface area contributed by atoms with Crippen molar-refractivity contribution < 1.29 is 22.4 Å². The zero-order valence-corrected chi connectivity index (χ0v) is 18.2. The Bertz CT molecular complexity index is 916. The SMILES string of the molecule is CC(C)OCCCNS(=O)(=O)c1cc(-c2nnc(C(=O)N3CCCCC3)o2)cs1. The van der Waals surface area contributed by atoms with Crippen molar-refractivity contribution in [2.75, 3.05) is 26.2 Å². The number of likely N-dealkylation sites (tertiary alicyclic amines) is 1. The molecule has 0 atom stereocenters. The molecule has 3 rings (SSSR count). The molecule has 1 N–H and O–H groups in total. The highest BCUT2D eigenvalue weighted by molar-refractivity contribution is 7.91. The third-order valence-corrected chi connectivity index (χ3v) is 7.30. The van der Waals surface area contributed by atoms with Crippen LogP contribution in [0.4, 0.5) is 0 Å². The zero-order valence-electron chi connectivity index (χ0n) is 16.6. The van der Waals surface area contributed by atoms with E-state index in [2.05, 4.69) is 14.9 Å². The van der Waals surface area contributed by atoms with E-state index in [0.717, 1.165) is 30.6 Å². The quantitative estimate of drug-likeness (QED) is 0.593. The van der Waals surface area contributed by atoms with Gasteiger partial charge in [-0.25, -0.2) is 13.1 Å². The van der Waals surface area contributed by atoms with Crippen LogP contribution < -0.4 is 4.72 Å². The van der Waals surface area contributed by atoms with Crippen molar-refractivity contribution in [3.63, 3.8) is 0 Å². The lowest BCUT2D eigenvalue weighted by molar-refractivity contribution is 0.0684. The van der Waals surface area contributed by atoms with Gasteiger partial charge in [0, 0.05) is 31.6 Å². The number of amides is 1. The Morgan fingerprint density at radius 3 is 2.79 bits per heavy atom. The molecule has 9 nitrogen and oxygen atoms in total. The van der Waals surface area contributed by atoms with Crippen molar-refractivity contribution in [2.24, 2.45) is 0 Å². The van der Waals surface area contributed by atoms with E-state index in [9.17, 15) is 13.2 Å². The number of hydrogen-bond acceptors (Lipinski definition) is 8. The molecular formula is C18H26N4O5S2. The van der Waals surface area contributed by atoms with E-state index in [1.54, 1.807) is 10.3 Å². The van der Waals surface area contributed by atoms with Crippen LogP contribution >= 0.6 is 11.3 Å². The molecule has 1 saturated heterocycles. The van der Waals surface area contributed by atoms with Gasteiger partial charge in [0.1, 0.15) is 4.21 Å². The summed E-state index contributed by atoms with van der Waals surface area (Å²) < 4.78 is 38.5. The van der Waals surface area contributed by atoms with Crippen molar-refractivity contribution in [3.8, 4) is 11.5 Å². The molecule has 1 fully saturated rings. The topological polar surface area (TPSA) is 115 Å². The maximum absolute atomic E-state index is 12.4. The van der Waals surface area contributed by atoms with Crippen LogP contribution in [0, 0.1) is 0 Å². The number of rotatable bonds is 9. The summed E-state index contributed by atoms with van der Waals surface area (Å²) in [6.07, 6.45) is 3.75. The van der Waals surface area contributed by atoms with E-state index < -0.39 is 10.0 Å². The number of nitrogens with zero attached hydrogens (tertiary/aromatic N) is 3. The molecule has 2 aromatic heterocycles. The number of nitrogens with one attached hydrogen (secondary N) is 1. The van der Waals surface area contributed by atoms with Gasteiger partial charge in [-0.05, 0) is 45.6 Å². The molecule has 0 saturated carbocycles. The number of ether oxygens (including phenoxy) is 1. The summed E-state index contributed by atoms with van der Waals surface area (Å²) in [7, 11) is -3.63. The summed E-state index contributed by atoms with van der Waals surface area (Å²) in [4.78, 5) is 14.1. The molecule has 0 aliphatic carbocycles. The second-order valence-electron chi connectivity index (χ2n) is 7.09. The molecule has 1 aliphatic heterocycles. The van der Waals surface area contributed by atoms with Crippen LogP contribution in [0.5, 0.6) is 0 Å². The van der Waals surface area contributed by atoms with Gasteiger partial charge < -0.3 is 14.1 Å². The maximum atomic E-state index is 12.4. The normalized spacial score (nSPS) is 15.2. The zero-order chi connectivity index (χ0) is 20.9. The molecule has 0 radical (unpaired) electrons. The van der Waals surface area contributed by atoms with E-state index in [1.165, 1.54) is 6.07 Å². The number of carbonyl (C=O) groups is 1. The molecule has 11 heteroatoms. The summed E-state index contributed by atoms with van der Waals surface area (Å²) in [5.74, 6) is -0.217. The number of thiophene rings is 1. The molecule has 0 spiro atoms. The Labute approximate surface area is 174 Å². The number of aromatic nitrogens is 2. The highest BCUT2D eigenvalue weighted by atomic mass is 32.2. The molecule has 160 valence electrons. The van der Waals surface area contributed by atoms with Crippen molar-refractivity contribution in [2.45, 2.75) is 49.8 Å². The average molecular weight is 443 g/mol. The van der Waals surface area contributed by atoms with E-state index in [0.29, 0.717) is 31.7 Å². The molecular weight excluding hydrogens is 416 g/mol. The minimum absolute atomic E-state index is 0.0687. The Morgan fingerprint density at radius 1 is 1.31 bits per heavy atom. The highest BCUT2D eigenvalue weighted by Gasteiger charge is 2.25. The Kier molecular flexibility index (Phi) is 7.38. The van der Waals surface area contributed by atoms with Crippen molar-refractivity contribution in [3.05, 3.63) is 17.3 Å². The van der Waals surface area contributed by atoms with E-state index >= 15 is 0 Å². The fourth-order valence-corrected chi connectivity index (χ4v) is 5.17. The molecule has 2 aromatic rings. The number of hydrogen-bond donors (Lipinski definition) is 1. The van der Waals surface area contributed by atoms with Crippen LogP contribution in [0.2, 0.25) is 0 Å². The first-order chi connectivity index (χ1) is 13.9. The van der Waals surface area contributed by atoms with E-state index in [-0.39, 0.29) is 34.5 Å². The third kappa shape index (κ3) is 5.84. The molecule has 1 aliphatic rings. The van der Waals surface area contributed by atoms with Gasteiger partial charge >= 0.3 is 11.8 Å². The minimum atomic E-state index is -3.63. The van der Waals surface area contributed by atoms with Gasteiger partial charge in [0.15, 0.2) is 0 Å². The van der Waals surface area contributed by atoms with Gasteiger partial charge in [-0.3, -0.25) is 4.79 Å². The smallest absolute Gasteiger partial charge is 0.311 e. The van der Waals surface area contributed by atoms with E-state index in [4.69, 9.17) is 9.15 Å². The summed E-state index contributed by atoms with van der Waals surface area (Å²) in [6.45, 7) is 6.01. The van der Waals surface area contributed by atoms with Crippen molar-refractivity contribution in [1.82, 2.24) is 19.8 Å². The maximum Gasteiger partial charge on any atom is 0.311 e. The lowest BCUT2D eigenvalue weighted by atomic mass is 10.1. The Morgan fingerprint density at radius 2 is 2.07 bits per heavy atom. The largest absolute Gasteiger partial charge is 0.412 e. The van der Waals surface area contributed by atoms with Gasteiger partial charge in [0.25, 0.3) is 0 Å². The molecule has 3 heterocycles.